The van der Waals surface area contributed by atoms with Crippen LogP contribution in [0.3, 0.4) is 0 Å². The van der Waals surface area contributed by atoms with Crippen LogP contribution in [0, 0.1) is 11.8 Å². The average molecular weight is 242 g/mol. The largest absolute Gasteiger partial charge is 0.377 e. The Labute approximate surface area is 111 Å². The second kappa shape index (κ2) is 9.50. The lowest BCUT2D eigenvalue weighted by Gasteiger charge is -1.95. The molecule has 0 aliphatic rings. The van der Waals surface area contributed by atoms with Gasteiger partial charge in [-0.3, -0.25) is 0 Å². The number of hydrogen-bond donors (Lipinski definition) is 1. The first-order valence-corrected chi connectivity index (χ1v) is 6.72. The zero-order valence-electron chi connectivity index (χ0n) is 11.1. The van der Waals surface area contributed by atoms with Crippen LogP contribution in [0.1, 0.15) is 44.6 Å². The highest BCUT2D eigenvalue weighted by Gasteiger charge is 1.91. The van der Waals surface area contributed by atoms with E-state index in [-0.39, 0.29) is 0 Å². The topological polar surface area (TPSA) is 20.2 Å². The fourth-order valence-corrected chi connectivity index (χ4v) is 1.63. The Morgan fingerprint density at radius 2 is 1.94 bits per heavy atom. The molecule has 0 saturated carbocycles. The van der Waals surface area contributed by atoms with Crippen molar-refractivity contribution >= 4 is 6.08 Å². The molecule has 1 aromatic rings. The normalized spacial score (nSPS) is 12.1. The summed E-state index contributed by atoms with van der Waals surface area (Å²) in [5, 5.41) is 9.65. The molecule has 0 saturated heterocycles. The van der Waals surface area contributed by atoms with Crippen LogP contribution in [0.25, 0.3) is 6.08 Å². The minimum Gasteiger partial charge on any atom is -0.377 e. The number of benzene rings is 1. The highest BCUT2D eigenvalue weighted by molar-refractivity contribution is 5.50. The summed E-state index contributed by atoms with van der Waals surface area (Å²) in [6.07, 6.45) is 8.75. The molecule has 1 aromatic carbocycles. The van der Waals surface area contributed by atoms with Crippen LogP contribution in [-0.2, 0) is 0 Å². The third-order valence-corrected chi connectivity index (χ3v) is 2.68. The van der Waals surface area contributed by atoms with Crippen molar-refractivity contribution in [2.75, 3.05) is 0 Å². The van der Waals surface area contributed by atoms with E-state index in [9.17, 15) is 5.11 Å². The molecule has 0 unspecified atom stereocenters. The third kappa shape index (κ3) is 6.93. The number of aliphatic hydroxyl groups is 1. The molecular weight excluding hydrogens is 220 g/mol. The fraction of sp³-hybridized carbons (Fsp3) is 0.412. The summed E-state index contributed by atoms with van der Waals surface area (Å²) in [7, 11) is 0. The minimum absolute atomic E-state index is 0.656. The van der Waals surface area contributed by atoms with E-state index in [1.165, 1.54) is 19.3 Å². The van der Waals surface area contributed by atoms with E-state index < -0.39 is 6.10 Å². The Morgan fingerprint density at radius 3 is 2.67 bits per heavy atom. The van der Waals surface area contributed by atoms with Gasteiger partial charge in [-0.05, 0) is 18.1 Å². The summed E-state index contributed by atoms with van der Waals surface area (Å²) < 4.78 is 0. The first-order chi connectivity index (χ1) is 8.83. The van der Waals surface area contributed by atoms with Crippen LogP contribution in [0.2, 0.25) is 0 Å². The maximum Gasteiger partial charge on any atom is 0.133 e. The van der Waals surface area contributed by atoms with Crippen LogP contribution in [0.5, 0.6) is 0 Å². The van der Waals surface area contributed by atoms with E-state index in [1.807, 2.05) is 36.4 Å². The van der Waals surface area contributed by atoms with E-state index >= 15 is 0 Å². The summed E-state index contributed by atoms with van der Waals surface area (Å²) in [6, 6.07) is 9.93. The molecule has 0 heterocycles. The van der Waals surface area contributed by atoms with E-state index in [0.717, 1.165) is 18.4 Å². The van der Waals surface area contributed by atoms with Gasteiger partial charge in [0.15, 0.2) is 0 Å². The lowest BCUT2D eigenvalue weighted by atomic mass is 10.1. The molecule has 18 heavy (non-hydrogen) atoms. The molecule has 1 atom stereocenters. The highest BCUT2D eigenvalue weighted by atomic mass is 16.3. The molecule has 0 spiro atoms. The van der Waals surface area contributed by atoms with Crippen molar-refractivity contribution in [1.29, 1.82) is 0 Å². The molecule has 0 aromatic heterocycles. The Kier molecular flexibility index (Phi) is 7.68. The number of aliphatic hydroxyl groups excluding tert-OH is 1. The van der Waals surface area contributed by atoms with Gasteiger partial charge in [0, 0.05) is 6.42 Å². The van der Waals surface area contributed by atoms with Crippen LogP contribution < -0.4 is 0 Å². The predicted octanol–water partition coefficient (Wildman–Crippen LogP) is 4.03. The summed E-state index contributed by atoms with van der Waals surface area (Å²) in [5.41, 5.74) is 1.08. The van der Waals surface area contributed by atoms with Gasteiger partial charge in [-0.1, -0.05) is 68.5 Å². The molecular formula is C17H22O. The summed E-state index contributed by atoms with van der Waals surface area (Å²) in [5.74, 6) is 5.88. The van der Waals surface area contributed by atoms with Gasteiger partial charge in [0.2, 0.25) is 0 Å². The van der Waals surface area contributed by atoms with Gasteiger partial charge in [-0.15, -0.1) is 5.92 Å². The van der Waals surface area contributed by atoms with Crippen molar-refractivity contribution in [3.8, 4) is 11.8 Å². The van der Waals surface area contributed by atoms with E-state index in [1.54, 1.807) is 6.08 Å². The first-order valence-electron chi connectivity index (χ1n) is 6.72. The van der Waals surface area contributed by atoms with E-state index in [0.29, 0.717) is 0 Å². The van der Waals surface area contributed by atoms with Crippen LogP contribution in [-0.4, -0.2) is 11.2 Å². The first kappa shape index (κ1) is 14.5. The van der Waals surface area contributed by atoms with E-state index in [2.05, 4.69) is 18.8 Å². The molecule has 1 N–H and O–H groups in total. The summed E-state index contributed by atoms with van der Waals surface area (Å²) >= 11 is 0. The predicted molar refractivity (Wildman–Crippen MR) is 78.0 cm³/mol. The lowest BCUT2D eigenvalue weighted by molar-refractivity contribution is 0.281. The number of rotatable bonds is 6. The lowest BCUT2D eigenvalue weighted by Crippen LogP contribution is -1.96. The van der Waals surface area contributed by atoms with Gasteiger partial charge < -0.3 is 5.11 Å². The molecule has 0 bridgehead atoms. The number of unbranched alkanes of at least 4 members (excludes halogenated alkanes) is 4. The zero-order chi connectivity index (χ0) is 13.1. The third-order valence-electron chi connectivity index (χ3n) is 2.68. The minimum atomic E-state index is -0.656. The zero-order valence-corrected chi connectivity index (χ0v) is 11.1. The number of hydrogen-bond acceptors (Lipinski definition) is 1. The van der Waals surface area contributed by atoms with Gasteiger partial charge in [0.25, 0.3) is 0 Å². The van der Waals surface area contributed by atoms with Gasteiger partial charge in [0.05, 0.1) is 0 Å². The maximum absolute atomic E-state index is 9.65. The fourth-order valence-electron chi connectivity index (χ4n) is 1.63. The molecule has 0 aliphatic heterocycles. The molecule has 0 fully saturated rings. The van der Waals surface area contributed by atoms with Crippen molar-refractivity contribution in [2.45, 2.75) is 45.1 Å². The van der Waals surface area contributed by atoms with E-state index in [4.69, 9.17) is 0 Å². The Morgan fingerprint density at radius 1 is 1.17 bits per heavy atom. The van der Waals surface area contributed by atoms with Gasteiger partial charge in [0.1, 0.15) is 6.10 Å². The molecule has 0 amide bonds. The van der Waals surface area contributed by atoms with Crippen molar-refractivity contribution in [3.05, 3.63) is 42.0 Å². The Bertz CT molecular complexity index is 395. The van der Waals surface area contributed by atoms with Gasteiger partial charge >= 0.3 is 0 Å². The van der Waals surface area contributed by atoms with Crippen LogP contribution in [0.15, 0.2) is 36.4 Å². The summed E-state index contributed by atoms with van der Waals surface area (Å²) in [6.45, 7) is 2.20. The van der Waals surface area contributed by atoms with Gasteiger partial charge in [-0.2, -0.15) is 0 Å². The maximum atomic E-state index is 9.65. The monoisotopic (exact) mass is 242 g/mol. The van der Waals surface area contributed by atoms with Crippen LogP contribution >= 0.6 is 0 Å². The van der Waals surface area contributed by atoms with Gasteiger partial charge in [-0.25, -0.2) is 0 Å². The Balaban J connectivity index is 2.27. The summed E-state index contributed by atoms with van der Waals surface area (Å²) in [4.78, 5) is 0. The van der Waals surface area contributed by atoms with Crippen molar-refractivity contribution in [2.24, 2.45) is 0 Å². The molecule has 1 heteroatoms. The quantitative estimate of drug-likeness (QED) is 0.589. The molecule has 1 rings (SSSR count). The highest BCUT2D eigenvalue weighted by Crippen LogP contribution is 2.03. The molecule has 0 radical (unpaired) electrons. The molecule has 96 valence electrons. The second-order valence-corrected chi connectivity index (χ2v) is 4.35. The van der Waals surface area contributed by atoms with Crippen molar-refractivity contribution in [3.63, 3.8) is 0 Å². The van der Waals surface area contributed by atoms with Crippen LogP contribution in [0.4, 0.5) is 0 Å². The Hall–Kier alpha value is -1.52. The molecule has 0 aliphatic carbocycles. The molecule has 1 nitrogen and oxygen atoms in total. The smallest absolute Gasteiger partial charge is 0.133 e. The average Bonchev–Trinajstić information content (AvgIpc) is 2.41. The van der Waals surface area contributed by atoms with Crippen molar-refractivity contribution < 1.29 is 5.11 Å². The van der Waals surface area contributed by atoms with Crippen molar-refractivity contribution in [1.82, 2.24) is 0 Å². The second-order valence-electron chi connectivity index (χ2n) is 4.35. The standard InChI is InChI=1S/C17H22O/c1-2-3-4-5-6-10-13-17(18)15-14-16-11-8-7-9-12-16/h7-9,11-12,14-15,17-18H,2-6H2,1H3/b15-14+/t17-/m1/s1. The SMILES string of the molecule is CCCCCCC#C[C@@H](O)/C=C/c1ccccc1.